The molecule has 0 amide bonds. The van der Waals surface area contributed by atoms with Gasteiger partial charge in [0.05, 0.1) is 12.6 Å². The number of aromatic nitrogens is 3. The maximum Gasteiger partial charge on any atom is 0.332 e. The second-order valence-corrected chi connectivity index (χ2v) is 8.92. The molecular formula is C22H28N4O3. The summed E-state index contributed by atoms with van der Waals surface area (Å²) in [5.41, 5.74) is 1.22. The first-order chi connectivity index (χ1) is 14.0. The van der Waals surface area contributed by atoms with Crippen molar-refractivity contribution in [2.24, 2.45) is 0 Å². The smallest absolute Gasteiger partial charge is 0.332 e. The van der Waals surface area contributed by atoms with Gasteiger partial charge in [0.2, 0.25) is 0 Å². The summed E-state index contributed by atoms with van der Waals surface area (Å²) in [7, 11) is 0. The summed E-state index contributed by atoms with van der Waals surface area (Å²) < 4.78 is 9.29. The van der Waals surface area contributed by atoms with Crippen LogP contribution >= 0.6 is 0 Å². The van der Waals surface area contributed by atoms with E-state index < -0.39 is 16.7 Å². The lowest BCUT2D eigenvalue weighted by Crippen LogP contribution is -2.53. The first-order valence-electron chi connectivity index (χ1n) is 10.7. The number of likely N-dealkylation sites (tertiary alicyclic amines) is 1. The molecule has 7 nitrogen and oxygen atoms in total. The molecular weight excluding hydrogens is 368 g/mol. The van der Waals surface area contributed by atoms with Crippen LogP contribution in [-0.4, -0.2) is 37.9 Å². The van der Waals surface area contributed by atoms with Gasteiger partial charge in [-0.1, -0.05) is 42.7 Å². The third-order valence-electron chi connectivity index (χ3n) is 6.68. The summed E-state index contributed by atoms with van der Waals surface area (Å²) in [5.74, 6) is 0.587. The fourth-order valence-electron chi connectivity index (χ4n) is 5.15. The van der Waals surface area contributed by atoms with E-state index in [4.69, 9.17) is 4.74 Å². The lowest BCUT2D eigenvalue weighted by atomic mass is 10.0. The molecule has 7 heteroatoms. The first kappa shape index (κ1) is 18.8. The second-order valence-electron chi connectivity index (χ2n) is 8.92. The Morgan fingerprint density at radius 3 is 2.79 bits per heavy atom. The topological polar surface area (TPSA) is 69.4 Å². The standard InChI is InChI=1S/C22H28N4O3/c1-16-5-4-6-17(11-16)12-24-10-9-22(14-24)15-25-19(13-29-22)23-26(21(28)20(25)27)18-7-2-3-8-18/h4-6,11,18H,2-3,7-10,12-15H2,1H3/t22-/m0/s1. The van der Waals surface area contributed by atoms with Crippen LogP contribution in [0.3, 0.4) is 0 Å². The van der Waals surface area contributed by atoms with Crippen molar-refractivity contribution in [2.45, 2.75) is 70.4 Å². The monoisotopic (exact) mass is 396 g/mol. The molecule has 5 rings (SSSR count). The number of hydrogen-bond donors (Lipinski definition) is 0. The lowest BCUT2D eigenvalue weighted by molar-refractivity contribution is -0.0860. The van der Waals surface area contributed by atoms with Gasteiger partial charge in [0.15, 0.2) is 5.82 Å². The van der Waals surface area contributed by atoms with Crippen molar-refractivity contribution in [3.8, 4) is 0 Å². The maximum absolute atomic E-state index is 12.9. The van der Waals surface area contributed by atoms with Crippen molar-refractivity contribution in [3.63, 3.8) is 0 Å². The van der Waals surface area contributed by atoms with E-state index in [9.17, 15) is 9.59 Å². The van der Waals surface area contributed by atoms with Crippen molar-refractivity contribution in [3.05, 3.63) is 61.9 Å². The number of fused-ring (bicyclic) bond motifs is 1. The average molecular weight is 396 g/mol. The van der Waals surface area contributed by atoms with E-state index in [1.807, 2.05) is 0 Å². The van der Waals surface area contributed by atoms with Crippen LogP contribution in [0.25, 0.3) is 0 Å². The quantitative estimate of drug-likeness (QED) is 0.743. The number of benzene rings is 1. The van der Waals surface area contributed by atoms with Crippen LogP contribution in [0.1, 0.15) is 55.1 Å². The molecule has 2 fully saturated rings. The molecule has 1 spiro atoms. The van der Waals surface area contributed by atoms with Crippen LogP contribution in [0.15, 0.2) is 33.9 Å². The van der Waals surface area contributed by atoms with Gasteiger partial charge in [0.25, 0.3) is 0 Å². The van der Waals surface area contributed by atoms with E-state index in [0.717, 1.165) is 51.7 Å². The summed E-state index contributed by atoms with van der Waals surface area (Å²) in [6.45, 7) is 5.37. The molecule has 2 aromatic rings. The fourth-order valence-corrected chi connectivity index (χ4v) is 5.15. The Morgan fingerprint density at radius 1 is 1.17 bits per heavy atom. The Labute approximate surface area is 169 Å². The van der Waals surface area contributed by atoms with Gasteiger partial charge in [-0.15, -0.1) is 0 Å². The third kappa shape index (κ3) is 3.46. The van der Waals surface area contributed by atoms with E-state index in [-0.39, 0.29) is 6.04 Å². The molecule has 2 aliphatic heterocycles. The number of hydrogen-bond acceptors (Lipinski definition) is 5. The van der Waals surface area contributed by atoms with E-state index in [1.165, 1.54) is 15.8 Å². The van der Waals surface area contributed by atoms with Crippen molar-refractivity contribution in [1.29, 1.82) is 0 Å². The van der Waals surface area contributed by atoms with E-state index >= 15 is 0 Å². The van der Waals surface area contributed by atoms with Crippen molar-refractivity contribution >= 4 is 0 Å². The number of ether oxygens (including phenoxy) is 1. The minimum atomic E-state index is -0.479. The van der Waals surface area contributed by atoms with Crippen molar-refractivity contribution in [1.82, 2.24) is 19.2 Å². The van der Waals surface area contributed by atoms with Crippen LogP contribution in [0.5, 0.6) is 0 Å². The van der Waals surface area contributed by atoms with Crippen LogP contribution < -0.4 is 11.1 Å². The molecule has 0 unspecified atom stereocenters. The van der Waals surface area contributed by atoms with E-state index in [0.29, 0.717) is 19.0 Å². The van der Waals surface area contributed by atoms with Crippen molar-refractivity contribution < 1.29 is 4.74 Å². The molecule has 3 heterocycles. The Balaban J connectivity index is 1.36. The zero-order chi connectivity index (χ0) is 20.0. The molecule has 3 aliphatic rings. The highest BCUT2D eigenvalue weighted by molar-refractivity contribution is 5.22. The molecule has 1 saturated carbocycles. The summed E-state index contributed by atoms with van der Waals surface area (Å²) in [5, 5.41) is 4.54. The molecule has 0 N–H and O–H groups in total. The van der Waals surface area contributed by atoms with Gasteiger partial charge in [-0.2, -0.15) is 5.10 Å². The third-order valence-corrected chi connectivity index (χ3v) is 6.68. The summed E-state index contributed by atoms with van der Waals surface area (Å²) in [6.07, 6.45) is 4.89. The number of rotatable bonds is 3. The van der Waals surface area contributed by atoms with Gasteiger partial charge < -0.3 is 4.74 Å². The molecule has 1 aliphatic carbocycles. The molecule has 1 atom stereocenters. The second kappa shape index (κ2) is 7.22. The van der Waals surface area contributed by atoms with Crippen LogP contribution in [0.2, 0.25) is 0 Å². The zero-order valence-corrected chi connectivity index (χ0v) is 17.0. The Kier molecular flexibility index (Phi) is 4.67. The summed E-state index contributed by atoms with van der Waals surface area (Å²) >= 11 is 0. The molecule has 0 bridgehead atoms. The van der Waals surface area contributed by atoms with Crippen LogP contribution in [0.4, 0.5) is 0 Å². The van der Waals surface area contributed by atoms with Crippen LogP contribution in [-0.2, 0) is 24.4 Å². The zero-order valence-electron chi connectivity index (χ0n) is 17.0. The highest BCUT2D eigenvalue weighted by Crippen LogP contribution is 2.32. The predicted octanol–water partition coefficient (Wildman–Crippen LogP) is 2.00. The first-order valence-corrected chi connectivity index (χ1v) is 10.7. The molecule has 0 radical (unpaired) electrons. The summed E-state index contributed by atoms with van der Waals surface area (Å²) in [4.78, 5) is 27.9. The average Bonchev–Trinajstić information content (AvgIpc) is 3.36. The van der Waals surface area contributed by atoms with Gasteiger partial charge in [-0.3, -0.25) is 19.1 Å². The molecule has 1 aromatic carbocycles. The van der Waals surface area contributed by atoms with Gasteiger partial charge in [0.1, 0.15) is 12.2 Å². The highest BCUT2D eigenvalue weighted by Gasteiger charge is 2.43. The Hall–Kier alpha value is -2.25. The minimum absolute atomic E-state index is 0.0632. The van der Waals surface area contributed by atoms with E-state index in [1.54, 1.807) is 4.57 Å². The highest BCUT2D eigenvalue weighted by atomic mass is 16.5. The van der Waals surface area contributed by atoms with Gasteiger partial charge in [-0.25, -0.2) is 4.68 Å². The lowest BCUT2D eigenvalue weighted by Gasteiger charge is -2.35. The molecule has 154 valence electrons. The largest absolute Gasteiger partial charge is 0.364 e. The van der Waals surface area contributed by atoms with E-state index in [2.05, 4.69) is 41.2 Å². The van der Waals surface area contributed by atoms with Gasteiger partial charge >= 0.3 is 11.1 Å². The maximum atomic E-state index is 12.9. The Morgan fingerprint density at radius 2 is 2.00 bits per heavy atom. The number of nitrogens with zero attached hydrogens (tertiary/aromatic N) is 4. The van der Waals surface area contributed by atoms with Gasteiger partial charge in [0, 0.05) is 19.6 Å². The Bertz CT molecular complexity index is 1040. The fraction of sp³-hybridized carbons (Fsp3) is 0.591. The summed E-state index contributed by atoms with van der Waals surface area (Å²) in [6, 6.07) is 8.61. The molecule has 1 aromatic heterocycles. The van der Waals surface area contributed by atoms with Crippen molar-refractivity contribution in [2.75, 3.05) is 13.1 Å². The molecule has 1 saturated heterocycles. The minimum Gasteiger partial charge on any atom is -0.364 e. The SMILES string of the molecule is Cc1cccc(CN2CC[C@]3(C2)Cn2c(nn(C4CCCC4)c(=O)c2=O)CO3)c1. The van der Waals surface area contributed by atoms with Crippen LogP contribution in [0, 0.1) is 6.92 Å². The van der Waals surface area contributed by atoms with Gasteiger partial charge in [-0.05, 0) is 31.7 Å². The molecule has 29 heavy (non-hydrogen) atoms. The normalized spacial score (nSPS) is 25.0. The predicted molar refractivity (Wildman–Crippen MR) is 109 cm³/mol. The number of aryl methyl sites for hydroxylation is 1.